The largest absolute Gasteiger partial charge is 0.507 e. The highest BCUT2D eigenvalue weighted by Crippen LogP contribution is 2.38. The van der Waals surface area contributed by atoms with Crippen LogP contribution in [0, 0.1) is 0 Å². The number of hydrogen-bond acceptors (Lipinski definition) is 6. The van der Waals surface area contributed by atoms with E-state index in [1.54, 1.807) is 0 Å². The third-order valence-electron chi connectivity index (χ3n) is 9.74. The van der Waals surface area contributed by atoms with Gasteiger partial charge in [0, 0.05) is 36.8 Å². The maximum atomic E-state index is 11.7. The number of benzene rings is 6. The highest BCUT2D eigenvalue weighted by Gasteiger charge is 2.20. The van der Waals surface area contributed by atoms with Gasteiger partial charge in [-0.25, -0.2) is 0 Å². The van der Waals surface area contributed by atoms with E-state index in [1.807, 2.05) is 133 Å². The molecule has 0 spiro atoms. The van der Waals surface area contributed by atoms with Crippen LogP contribution in [0.4, 0.5) is 0 Å². The van der Waals surface area contributed by atoms with Crippen LogP contribution in [-0.2, 0) is 25.7 Å². The van der Waals surface area contributed by atoms with Crippen molar-refractivity contribution in [2.75, 3.05) is 26.4 Å². The molecule has 9 rings (SSSR count). The van der Waals surface area contributed by atoms with Crippen LogP contribution < -0.4 is 18.9 Å². The SMILES string of the molecule is Oc1c2cccc1Cc1cccc3c1OCCOc1ccccc1/C=C\c1ccccc1OCCOc1c(cccc1Cc1cccc(c1O)C3)C2. The summed E-state index contributed by atoms with van der Waals surface area (Å²) in [6.45, 7) is 1.24. The molecule has 2 N–H and O–H groups in total. The lowest BCUT2D eigenvalue weighted by molar-refractivity contribution is 0.214. The van der Waals surface area contributed by atoms with Gasteiger partial charge in [-0.2, -0.15) is 0 Å². The Labute approximate surface area is 304 Å². The van der Waals surface area contributed by atoms with Crippen LogP contribution in [-0.4, -0.2) is 36.6 Å². The van der Waals surface area contributed by atoms with E-state index in [4.69, 9.17) is 18.9 Å². The van der Waals surface area contributed by atoms with Gasteiger partial charge in [-0.15, -0.1) is 0 Å². The van der Waals surface area contributed by atoms with Crippen LogP contribution >= 0.6 is 0 Å². The van der Waals surface area contributed by atoms with Crippen molar-refractivity contribution in [2.24, 2.45) is 0 Å². The number of phenols is 2. The molecular formula is C46H40O6. The quantitative estimate of drug-likeness (QED) is 0.166. The maximum absolute atomic E-state index is 11.7. The summed E-state index contributed by atoms with van der Waals surface area (Å²) < 4.78 is 25.8. The smallest absolute Gasteiger partial charge is 0.126 e. The molecule has 0 amide bonds. The fraction of sp³-hybridized carbons (Fsp3) is 0.174. The van der Waals surface area contributed by atoms with Crippen LogP contribution in [0.1, 0.15) is 55.6 Å². The summed E-state index contributed by atoms with van der Waals surface area (Å²) in [5.41, 5.74) is 8.86. The molecule has 10 bridgehead atoms. The Morgan fingerprint density at radius 3 is 1.00 bits per heavy atom. The minimum Gasteiger partial charge on any atom is -0.507 e. The molecule has 260 valence electrons. The standard InChI is InChI=1S/C46H40O6/c47-43-33-11-5-13-35(43)29-39-17-8-18-40-30-36-14-6-12-34(44(36)48)28-38-16-7-15-37(27-33)45(38)51-25-23-49-41-19-3-1-9-31(41)21-22-32-10-2-4-20-42(32)50-24-26-52-46(39)40/h1-22,47-48H,23-30H2/b22-21-. The minimum atomic E-state index is 0.260. The lowest BCUT2D eigenvalue weighted by Gasteiger charge is -2.20. The molecule has 0 atom stereocenters. The first kappa shape index (κ1) is 33.0. The Hall–Kier alpha value is -6.14. The minimum absolute atomic E-state index is 0.260. The van der Waals surface area contributed by atoms with Crippen molar-refractivity contribution >= 4 is 12.2 Å². The summed E-state index contributed by atoms with van der Waals surface area (Å²) >= 11 is 0. The lowest BCUT2D eigenvalue weighted by Crippen LogP contribution is -2.12. The monoisotopic (exact) mass is 688 g/mol. The summed E-state index contributed by atoms with van der Waals surface area (Å²) in [5, 5.41) is 23.4. The highest BCUT2D eigenvalue weighted by atomic mass is 16.5. The number of para-hydroxylation sites is 6. The number of fused-ring (bicyclic) bond motifs is 6. The average Bonchev–Trinajstić information content (AvgIpc) is 3.16. The molecule has 0 unspecified atom stereocenters. The van der Waals surface area contributed by atoms with Crippen molar-refractivity contribution in [3.63, 3.8) is 0 Å². The van der Waals surface area contributed by atoms with Crippen LogP contribution in [0.5, 0.6) is 34.5 Å². The van der Waals surface area contributed by atoms with Crippen molar-refractivity contribution in [3.05, 3.63) is 177 Å². The zero-order chi connectivity index (χ0) is 35.3. The molecule has 3 aliphatic rings. The zero-order valence-electron chi connectivity index (χ0n) is 28.9. The summed E-state index contributed by atoms with van der Waals surface area (Å²) in [5.74, 6) is 3.48. The molecular weight excluding hydrogens is 649 g/mol. The predicted octanol–water partition coefficient (Wildman–Crippen LogP) is 9.17. The van der Waals surface area contributed by atoms with Gasteiger partial charge in [0.2, 0.25) is 0 Å². The molecule has 0 aromatic heterocycles. The predicted molar refractivity (Wildman–Crippen MR) is 204 cm³/mol. The van der Waals surface area contributed by atoms with E-state index in [-0.39, 0.29) is 11.5 Å². The number of rotatable bonds is 0. The molecule has 6 aromatic rings. The van der Waals surface area contributed by atoms with Crippen LogP contribution in [0.3, 0.4) is 0 Å². The second-order valence-corrected chi connectivity index (χ2v) is 13.2. The van der Waals surface area contributed by atoms with Crippen LogP contribution in [0.2, 0.25) is 0 Å². The van der Waals surface area contributed by atoms with Gasteiger partial charge in [-0.05, 0) is 56.6 Å². The van der Waals surface area contributed by atoms with Crippen molar-refractivity contribution in [2.45, 2.75) is 25.7 Å². The second-order valence-electron chi connectivity index (χ2n) is 13.2. The second kappa shape index (κ2) is 15.0. The van der Waals surface area contributed by atoms with Gasteiger partial charge >= 0.3 is 0 Å². The van der Waals surface area contributed by atoms with E-state index in [2.05, 4.69) is 0 Å². The van der Waals surface area contributed by atoms with Gasteiger partial charge in [0.05, 0.1) is 0 Å². The fourth-order valence-corrected chi connectivity index (χ4v) is 7.15. The van der Waals surface area contributed by atoms with Gasteiger partial charge < -0.3 is 29.2 Å². The molecule has 0 saturated heterocycles. The number of hydrogen-bond donors (Lipinski definition) is 2. The zero-order valence-corrected chi connectivity index (χ0v) is 28.9. The van der Waals surface area contributed by atoms with E-state index >= 15 is 0 Å². The molecule has 0 saturated carbocycles. The van der Waals surface area contributed by atoms with Crippen molar-refractivity contribution < 1.29 is 29.2 Å². The van der Waals surface area contributed by atoms with Gasteiger partial charge in [0.15, 0.2) is 0 Å². The van der Waals surface area contributed by atoms with Crippen LogP contribution in [0.15, 0.2) is 121 Å². The van der Waals surface area contributed by atoms with Crippen molar-refractivity contribution in [1.29, 1.82) is 0 Å². The molecule has 0 radical (unpaired) electrons. The van der Waals surface area contributed by atoms with E-state index in [9.17, 15) is 10.2 Å². The number of ether oxygens (including phenoxy) is 4. The normalized spacial score (nSPS) is 14.8. The molecule has 6 heteroatoms. The van der Waals surface area contributed by atoms with Gasteiger partial charge in [0.25, 0.3) is 0 Å². The molecule has 6 aromatic carbocycles. The van der Waals surface area contributed by atoms with E-state index in [0.29, 0.717) is 52.1 Å². The Kier molecular flexibility index (Phi) is 9.53. The first-order valence-electron chi connectivity index (χ1n) is 17.8. The lowest BCUT2D eigenvalue weighted by atomic mass is 9.91. The van der Waals surface area contributed by atoms with Crippen LogP contribution in [0.25, 0.3) is 12.2 Å². The van der Waals surface area contributed by atoms with E-state index in [1.165, 1.54) is 0 Å². The maximum Gasteiger partial charge on any atom is 0.126 e. The Morgan fingerprint density at radius 2 is 0.635 bits per heavy atom. The van der Waals surface area contributed by atoms with Gasteiger partial charge in [-0.3, -0.25) is 0 Å². The molecule has 2 aliphatic heterocycles. The Balaban J connectivity index is 1.27. The molecule has 52 heavy (non-hydrogen) atoms. The summed E-state index contributed by atoms with van der Waals surface area (Å²) in [6, 6.07) is 39.9. The van der Waals surface area contributed by atoms with E-state index in [0.717, 1.165) is 78.6 Å². The van der Waals surface area contributed by atoms with E-state index < -0.39 is 0 Å². The first-order valence-corrected chi connectivity index (χ1v) is 17.8. The molecule has 1 aliphatic carbocycles. The third kappa shape index (κ3) is 7.06. The average molecular weight is 689 g/mol. The van der Waals surface area contributed by atoms with Crippen molar-refractivity contribution in [1.82, 2.24) is 0 Å². The topological polar surface area (TPSA) is 77.4 Å². The van der Waals surface area contributed by atoms with Gasteiger partial charge in [0.1, 0.15) is 60.9 Å². The Morgan fingerprint density at radius 1 is 0.327 bits per heavy atom. The molecule has 6 nitrogen and oxygen atoms in total. The van der Waals surface area contributed by atoms with Crippen molar-refractivity contribution in [3.8, 4) is 34.5 Å². The molecule has 2 heterocycles. The number of phenolic OH excluding ortho intramolecular Hbond substituents is 2. The summed E-state index contributed by atoms with van der Waals surface area (Å²) in [6.07, 6.45) is 5.93. The Bertz CT molecular complexity index is 2010. The van der Waals surface area contributed by atoms with Gasteiger partial charge in [-0.1, -0.05) is 121 Å². The summed E-state index contributed by atoms with van der Waals surface area (Å²) in [7, 11) is 0. The first-order chi connectivity index (χ1) is 25.6. The fourth-order valence-electron chi connectivity index (χ4n) is 7.15. The third-order valence-corrected chi connectivity index (χ3v) is 9.74. The summed E-state index contributed by atoms with van der Waals surface area (Å²) in [4.78, 5) is 0. The highest BCUT2D eigenvalue weighted by molar-refractivity contribution is 5.75. The number of aromatic hydroxyl groups is 2. The molecule has 0 fully saturated rings.